The first-order chi connectivity index (χ1) is 16.0. The molecule has 0 saturated heterocycles. The maximum absolute atomic E-state index is 13.2. The molecule has 3 N–H and O–H groups in total. The maximum Gasteiger partial charge on any atom is 0.255 e. The normalized spacial score (nSPS) is 16.0. The van der Waals surface area contributed by atoms with Gasteiger partial charge >= 0.3 is 0 Å². The molecule has 33 heavy (non-hydrogen) atoms. The number of fused-ring (bicyclic) bond motifs is 1. The first-order valence-electron chi connectivity index (χ1n) is 11.4. The van der Waals surface area contributed by atoms with Crippen LogP contribution in [0.15, 0.2) is 41.8 Å². The van der Waals surface area contributed by atoms with E-state index in [-0.39, 0.29) is 11.9 Å². The van der Waals surface area contributed by atoms with E-state index in [0.717, 1.165) is 59.4 Å². The molecule has 0 radical (unpaired) electrons. The Balaban J connectivity index is 1.56. The summed E-state index contributed by atoms with van der Waals surface area (Å²) in [5.41, 5.74) is 4.98. The second-order valence-corrected chi connectivity index (χ2v) is 8.57. The van der Waals surface area contributed by atoms with E-state index in [1.807, 2.05) is 54.9 Å². The van der Waals surface area contributed by atoms with Crippen LogP contribution in [0.4, 0.5) is 11.4 Å². The molecule has 2 aromatic heterocycles. The fourth-order valence-corrected chi connectivity index (χ4v) is 4.17. The van der Waals surface area contributed by atoms with Gasteiger partial charge in [0, 0.05) is 45.1 Å². The summed E-state index contributed by atoms with van der Waals surface area (Å²) in [7, 11) is 4.00. The second-order valence-electron chi connectivity index (χ2n) is 8.57. The standard InChI is InChI=1S/C24H31N7O2/c1-4-31-23-20(15-27-31)22(28-17-7-9-18(29-33)10-8-17)21(14-25-23)24(32)26-13-16-5-11-19(12-6-16)30(2)3/h5-6,11-12,14-15,17,33H,4,7-10,13H2,1-3H3,(H,25,28)(H,26,32). The van der Waals surface area contributed by atoms with Crippen molar-refractivity contribution in [2.75, 3.05) is 24.3 Å². The van der Waals surface area contributed by atoms with Crippen molar-refractivity contribution in [3.8, 4) is 0 Å². The summed E-state index contributed by atoms with van der Waals surface area (Å²) in [5.74, 6) is -0.179. The highest BCUT2D eigenvalue weighted by Crippen LogP contribution is 2.29. The van der Waals surface area contributed by atoms with Gasteiger partial charge in [-0.15, -0.1) is 0 Å². The molecular formula is C24H31N7O2. The molecule has 1 aromatic carbocycles. The molecule has 1 saturated carbocycles. The third kappa shape index (κ3) is 4.92. The van der Waals surface area contributed by atoms with E-state index in [4.69, 9.17) is 5.21 Å². The molecule has 9 nitrogen and oxygen atoms in total. The molecule has 0 bridgehead atoms. The van der Waals surface area contributed by atoms with Crippen LogP contribution >= 0.6 is 0 Å². The average molecular weight is 450 g/mol. The highest BCUT2D eigenvalue weighted by atomic mass is 16.4. The average Bonchev–Trinajstić information content (AvgIpc) is 3.27. The van der Waals surface area contributed by atoms with Gasteiger partial charge in [0.25, 0.3) is 5.91 Å². The summed E-state index contributed by atoms with van der Waals surface area (Å²) in [6.45, 7) is 3.14. The van der Waals surface area contributed by atoms with Crippen molar-refractivity contribution in [1.82, 2.24) is 20.1 Å². The third-order valence-corrected chi connectivity index (χ3v) is 6.17. The number of carbonyl (C=O) groups is 1. The second kappa shape index (κ2) is 9.89. The summed E-state index contributed by atoms with van der Waals surface area (Å²) >= 11 is 0. The lowest BCUT2D eigenvalue weighted by molar-refractivity contribution is 0.0951. The highest BCUT2D eigenvalue weighted by Gasteiger charge is 2.23. The van der Waals surface area contributed by atoms with Gasteiger partial charge in [0.15, 0.2) is 5.65 Å². The Bertz CT molecular complexity index is 1140. The van der Waals surface area contributed by atoms with Crippen molar-refractivity contribution >= 4 is 34.0 Å². The van der Waals surface area contributed by atoms with Crippen molar-refractivity contribution in [2.24, 2.45) is 5.16 Å². The van der Waals surface area contributed by atoms with Crippen LogP contribution in [0, 0.1) is 0 Å². The minimum Gasteiger partial charge on any atom is -0.411 e. The Morgan fingerprint density at radius 1 is 1.21 bits per heavy atom. The number of nitrogens with zero attached hydrogens (tertiary/aromatic N) is 5. The molecule has 3 aromatic rings. The molecule has 9 heteroatoms. The van der Waals surface area contributed by atoms with Gasteiger partial charge in [-0.2, -0.15) is 5.10 Å². The maximum atomic E-state index is 13.2. The molecule has 1 fully saturated rings. The van der Waals surface area contributed by atoms with Gasteiger partial charge in [-0.25, -0.2) is 9.67 Å². The third-order valence-electron chi connectivity index (χ3n) is 6.17. The van der Waals surface area contributed by atoms with Crippen molar-refractivity contribution in [3.63, 3.8) is 0 Å². The predicted molar refractivity (Wildman–Crippen MR) is 130 cm³/mol. The first-order valence-corrected chi connectivity index (χ1v) is 11.4. The monoisotopic (exact) mass is 449 g/mol. The minimum atomic E-state index is -0.179. The number of hydrogen-bond donors (Lipinski definition) is 3. The molecule has 0 atom stereocenters. The number of anilines is 2. The van der Waals surface area contributed by atoms with Gasteiger partial charge in [-0.1, -0.05) is 17.3 Å². The number of benzene rings is 1. The Labute approximate surface area is 193 Å². The van der Waals surface area contributed by atoms with Crippen LogP contribution in [0.1, 0.15) is 48.5 Å². The van der Waals surface area contributed by atoms with Crippen LogP contribution < -0.4 is 15.5 Å². The quantitative estimate of drug-likeness (QED) is 0.376. The summed E-state index contributed by atoms with van der Waals surface area (Å²) < 4.78 is 1.83. The van der Waals surface area contributed by atoms with Crippen LogP contribution in [0.2, 0.25) is 0 Å². The zero-order valence-corrected chi connectivity index (χ0v) is 19.4. The van der Waals surface area contributed by atoms with Crippen molar-refractivity contribution in [3.05, 3.63) is 47.8 Å². The van der Waals surface area contributed by atoms with E-state index in [2.05, 4.69) is 25.9 Å². The predicted octanol–water partition coefficient (Wildman–Crippen LogP) is 3.63. The van der Waals surface area contributed by atoms with Crippen LogP contribution in [-0.4, -0.2) is 51.7 Å². The molecule has 0 spiro atoms. The van der Waals surface area contributed by atoms with Crippen molar-refractivity contribution in [1.29, 1.82) is 0 Å². The largest absolute Gasteiger partial charge is 0.411 e. The lowest BCUT2D eigenvalue weighted by Gasteiger charge is -2.25. The molecule has 1 aliphatic carbocycles. The SMILES string of the molecule is CCn1ncc2c(NC3CCC(=NO)CC3)c(C(=O)NCc3ccc(N(C)C)cc3)cnc21. The lowest BCUT2D eigenvalue weighted by Crippen LogP contribution is -2.29. The van der Waals surface area contributed by atoms with E-state index >= 15 is 0 Å². The molecular weight excluding hydrogens is 418 g/mol. The molecule has 2 heterocycles. The molecule has 0 unspecified atom stereocenters. The Kier molecular flexibility index (Phi) is 6.76. The van der Waals surface area contributed by atoms with Crippen molar-refractivity contribution < 1.29 is 10.0 Å². The number of nitrogens with one attached hydrogen (secondary N) is 2. The smallest absolute Gasteiger partial charge is 0.255 e. The summed E-state index contributed by atoms with van der Waals surface area (Å²) in [6.07, 6.45) is 6.55. The molecule has 4 rings (SSSR count). The Hall–Kier alpha value is -3.62. The number of hydrogen-bond acceptors (Lipinski definition) is 7. The number of aryl methyl sites for hydroxylation is 1. The molecule has 174 valence electrons. The van der Waals surface area contributed by atoms with Crippen LogP contribution in [0.25, 0.3) is 11.0 Å². The summed E-state index contributed by atoms with van der Waals surface area (Å²) in [4.78, 5) is 19.8. The zero-order valence-electron chi connectivity index (χ0n) is 19.4. The Morgan fingerprint density at radius 2 is 1.94 bits per heavy atom. The van der Waals surface area contributed by atoms with Gasteiger partial charge in [0.05, 0.1) is 28.5 Å². The molecule has 1 aliphatic rings. The van der Waals surface area contributed by atoms with E-state index in [1.165, 1.54) is 0 Å². The van der Waals surface area contributed by atoms with E-state index in [0.29, 0.717) is 18.7 Å². The van der Waals surface area contributed by atoms with E-state index < -0.39 is 0 Å². The molecule has 1 amide bonds. The van der Waals surface area contributed by atoms with E-state index in [9.17, 15) is 4.79 Å². The van der Waals surface area contributed by atoms with Gasteiger partial charge < -0.3 is 20.7 Å². The van der Waals surface area contributed by atoms with Crippen molar-refractivity contribution in [2.45, 2.75) is 51.7 Å². The topological polar surface area (TPSA) is 108 Å². The van der Waals surface area contributed by atoms with E-state index in [1.54, 1.807) is 12.4 Å². The van der Waals surface area contributed by atoms with Gasteiger partial charge in [0.1, 0.15) is 0 Å². The van der Waals surface area contributed by atoms with Gasteiger partial charge in [-0.05, 0) is 50.3 Å². The van der Waals surface area contributed by atoms with Gasteiger partial charge in [-0.3, -0.25) is 4.79 Å². The zero-order chi connectivity index (χ0) is 23.4. The summed E-state index contributed by atoms with van der Waals surface area (Å²) in [5, 5.41) is 24.3. The number of pyridine rings is 1. The number of carbonyl (C=O) groups excluding carboxylic acids is 1. The first kappa shape index (κ1) is 22.6. The van der Waals surface area contributed by atoms with Crippen LogP contribution in [0.5, 0.6) is 0 Å². The fourth-order valence-electron chi connectivity index (χ4n) is 4.17. The van der Waals surface area contributed by atoms with Crippen LogP contribution in [-0.2, 0) is 13.1 Å². The number of amides is 1. The van der Waals surface area contributed by atoms with Crippen LogP contribution in [0.3, 0.4) is 0 Å². The van der Waals surface area contributed by atoms with Gasteiger partial charge in [0.2, 0.25) is 0 Å². The number of oxime groups is 1. The highest BCUT2D eigenvalue weighted by molar-refractivity contribution is 6.06. The number of aromatic nitrogens is 3. The molecule has 0 aliphatic heterocycles. The fraction of sp³-hybridized carbons (Fsp3) is 0.417. The lowest BCUT2D eigenvalue weighted by atomic mass is 9.93. The number of rotatable bonds is 7. The summed E-state index contributed by atoms with van der Waals surface area (Å²) in [6, 6.07) is 8.28. The Morgan fingerprint density at radius 3 is 2.58 bits per heavy atom. The minimum absolute atomic E-state index is 0.177.